The maximum absolute atomic E-state index is 12.7. The fourth-order valence-electron chi connectivity index (χ4n) is 3.55. The number of hydrogen-bond acceptors (Lipinski definition) is 4. The second-order valence-corrected chi connectivity index (χ2v) is 8.16. The molecule has 140 valence electrons. The van der Waals surface area contributed by atoms with Crippen LogP contribution in [0.4, 0.5) is 5.00 Å². The predicted octanol–water partition coefficient (Wildman–Crippen LogP) is 4.57. The minimum Gasteiger partial charge on any atom is -0.464 e. The van der Waals surface area contributed by atoms with Gasteiger partial charge in [-0.25, -0.2) is 0 Å². The Morgan fingerprint density at radius 1 is 1.26 bits per heavy atom. The third-order valence-corrected chi connectivity index (χ3v) is 6.29. The molecule has 2 N–H and O–H groups in total. The van der Waals surface area contributed by atoms with Gasteiger partial charge < -0.3 is 15.1 Å². The van der Waals surface area contributed by atoms with Crippen LogP contribution < -0.4 is 10.6 Å². The molecule has 0 radical (unpaired) electrons. The minimum absolute atomic E-state index is 0.148. The highest BCUT2D eigenvalue weighted by atomic mass is 35.5. The van der Waals surface area contributed by atoms with Crippen LogP contribution in [0.25, 0.3) is 11.0 Å². The van der Waals surface area contributed by atoms with Crippen LogP contribution in [0.15, 0.2) is 28.9 Å². The van der Waals surface area contributed by atoms with Gasteiger partial charge in [-0.05, 0) is 49.4 Å². The third-order valence-electron chi connectivity index (χ3n) is 4.85. The molecule has 1 aliphatic carbocycles. The van der Waals surface area contributed by atoms with Crippen LogP contribution in [0.1, 0.15) is 39.2 Å². The molecule has 2 aromatic heterocycles. The highest BCUT2D eigenvalue weighted by Crippen LogP contribution is 2.38. The highest BCUT2D eigenvalue weighted by Gasteiger charge is 2.26. The van der Waals surface area contributed by atoms with Gasteiger partial charge in [-0.15, -0.1) is 11.3 Å². The lowest BCUT2D eigenvalue weighted by Gasteiger charge is -2.12. The van der Waals surface area contributed by atoms with Gasteiger partial charge in [0.15, 0.2) is 0 Å². The lowest BCUT2D eigenvalue weighted by Crippen LogP contribution is -2.22. The average Bonchev–Trinajstić information content (AvgIpc) is 3.21. The number of carbonyl (C=O) groups excluding carboxylic acids is 2. The van der Waals surface area contributed by atoms with Crippen LogP contribution in [-0.2, 0) is 24.1 Å². The van der Waals surface area contributed by atoms with Crippen LogP contribution in [-0.4, -0.2) is 18.9 Å². The maximum Gasteiger partial charge on any atom is 0.254 e. The van der Waals surface area contributed by atoms with Gasteiger partial charge in [-0.1, -0.05) is 11.6 Å². The summed E-state index contributed by atoms with van der Waals surface area (Å²) in [6.45, 7) is 0. The molecule has 27 heavy (non-hydrogen) atoms. The summed E-state index contributed by atoms with van der Waals surface area (Å²) in [5.74, 6) is -0.327. The van der Waals surface area contributed by atoms with Crippen LogP contribution >= 0.6 is 22.9 Å². The van der Waals surface area contributed by atoms with E-state index in [0.29, 0.717) is 21.2 Å². The Balaban J connectivity index is 1.60. The summed E-state index contributed by atoms with van der Waals surface area (Å²) in [6, 6.07) is 5.34. The number of amides is 2. The Hall–Kier alpha value is -2.31. The molecule has 3 aromatic rings. The van der Waals surface area contributed by atoms with Crippen molar-refractivity contribution in [3.8, 4) is 0 Å². The Kier molecular flexibility index (Phi) is 4.93. The van der Waals surface area contributed by atoms with Crippen molar-refractivity contribution in [3.05, 3.63) is 51.1 Å². The summed E-state index contributed by atoms with van der Waals surface area (Å²) in [7, 11) is 1.61. The van der Waals surface area contributed by atoms with E-state index in [0.717, 1.165) is 42.2 Å². The van der Waals surface area contributed by atoms with Crippen molar-refractivity contribution >= 4 is 50.7 Å². The van der Waals surface area contributed by atoms with Crippen LogP contribution in [0.3, 0.4) is 0 Å². The van der Waals surface area contributed by atoms with Gasteiger partial charge in [0.25, 0.3) is 5.91 Å². The first-order valence-corrected chi connectivity index (χ1v) is 10.1. The zero-order valence-electron chi connectivity index (χ0n) is 14.9. The molecule has 0 atom stereocenters. The molecule has 7 heteroatoms. The number of rotatable bonds is 4. The number of anilines is 1. The standard InChI is InChI=1S/C20H19ClN2O3S/c1-22-19(25)18-13-4-2-3-5-16(13)27-20(18)23-17(24)8-11-10-26-15-7-6-12(21)9-14(11)15/h6-7,9-10H,2-5,8H2,1H3,(H,22,25)(H,23,24). The normalized spacial score (nSPS) is 13.4. The lowest BCUT2D eigenvalue weighted by molar-refractivity contribution is -0.115. The molecule has 2 heterocycles. The number of halogens is 1. The first-order valence-electron chi connectivity index (χ1n) is 8.89. The number of benzene rings is 1. The fraction of sp³-hybridized carbons (Fsp3) is 0.300. The molecular weight excluding hydrogens is 384 g/mol. The first kappa shape index (κ1) is 18.1. The van der Waals surface area contributed by atoms with Crippen molar-refractivity contribution in [2.75, 3.05) is 12.4 Å². The first-order chi connectivity index (χ1) is 13.1. The van der Waals surface area contributed by atoms with Crippen molar-refractivity contribution in [3.63, 3.8) is 0 Å². The zero-order valence-corrected chi connectivity index (χ0v) is 16.4. The molecule has 0 unspecified atom stereocenters. The summed E-state index contributed by atoms with van der Waals surface area (Å²) in [6.07, 6.45) is 5.78. The van der Waals surface area contributed by atoms with Gasteiger partial charge in [-0.3, -0.25) is 9.59 Å². The molecule has 0 aliphatic heterocycles. The quantitative estimate of drug-likeness (QED) is 0.671. The number of hydrogen-bond donors (Lipinski definition) is 2. The van der Waals surface area contributed by atoms with Gasteiger partial charge in [0.1, 0.15) is 10.6 Å². The number of aryl methyl sites for hydroxylation is 1. The lowest BCUT2D eigenvalue weighted by atomic mass is 9.95. The van der Waals surface area contributed by atoms with Gasteiger partial charge in [0.2, 0.25) is 5.91 Å². The minimum atomic E-state index is -0.179. The number of thiophene rings is 1. The van der Waals surface area contributed by atoms with Crippen LogP contribution in [0.2, 0.25) is 5.02 Å². The zero-order chi connectivity index (χ0) is 19.0. The molecule has 1 aromatic carbocycles. The summed E-state index contributed by atoms with van der Waals surface area (Å²) in [5.41, 5.74) is 3.17. The molecule has 5 nitrogen and oxygen atoms in total. The number of nitrogens with one attached hydrogen (secondary N) is 2. The van der Waals surface area contributed by atoms with Gasteiger partial charge in [-0.2, -0.15) is 0 Å². The Bertz CT molecular complexity index is 1040. The summed E-state index contributed by atoms with van der Waals surface area (Å²) in [5, 5.41) is 7.70. The molecule has 0 saturated carbocycles. The largest absolute Gasteiger partial charge is 0.464 e. The fourth-order valence-corrected chi connectivity index (χ4v) is 5.03. The number of carbonyl (C=O) groups is 2. The number of furan rings is 1. The van der Waals surface area contributed by atoms with E-state index in [-0.39, 0.29) is 18.2 Å². The van der Waals surface area contributed by atoms with Gasteiger partial charge in [0.05, 0.1) is 18.2 Å². The van der Waals surface area contributed by atoms with E-state index in [1.807, 2.05) is 0 Å². The maximum atomic E-state index is 12.7. The van der Waals surface area contributed by atoms with E-state index in [9.17, 15) is 9.59 Å². The summed E-state index contributed by atoms with van der Waals surface area (Å²) < 4.78 is 5.50. The third kappa shape index (κ3) is 3.47. The Morgan fingerprint density at radius 3 is 2.89 bits per heavy atom. The van der Waals surface area contributed by atoms with Crippen LogP contribution in [0.5, 0.6) is 0 Å². The molecule has 4 rings (SSSR count). The second-order valence-electron chi connectivity index (χ2n) is 6.62. The smallest absolute Gasteiger partial charge is 0.254 e. The number of fused-ring (bicyclic) bond motifs is 2. The van der Waals surface area contributed by atoms with Crippen molar-refractivity contribution < 1.29 is 14.0 Å². The SMILES string of the molecule is CNC(=O)c1c(NC(=O)Cc2coc3ccc(Cl)cc23)sc2c1CCCC2. The molecule has 2 amide bonds. The van der Waals surface area contributed by atoms with Crippen molar-refractivity contribution in [1.82, 2.24) is 5.32 Å². The van der Waals surface area contributed by atoms with E-state index < -0.39 is 0 Å². The highest BCUT2D eigenvalue weighted by molar-refractivity contribution is 7.17. The monoisotopic (exact) mass is 402 g/mol. The molecule has 0 bridgehead atoms. The Morgan fingerprint density at radius 2 is 2.07 bits per heavy atom. The van der Waals surface area contributed by atoms with Crippen molar-refractivity contribution in [2.45, 2.75) is 32.1 Å². The van der Waals surface area contributed by atoms with Crippen molar-refractivity contribution in [1.29, 1.82) is 0 Å². The summed E-state index contributed by atoms with van der Waals surface area (Å²) in [4.78, 5) is 26.3. The van der Waals surface area contributed by atoms with Gasteiger partial charge >= 0.3 is 0 Å². The average molecular weight is 403 g/mol. The molecular formula is C20H19ClN2O3S. The van der Waals surface area contributed by atoms with Crippen molar-refractivity contribution in [2.24, 2.45) is 0 Å². The molecule has 0 fully saturated rings. The molecule has 1 aliphatic rings. The molecule has 0 saturated heterocycles. The van der Waals surface area contributed by atoms with E-state index in [4.69, 9.17) is 16.0 Å². The van der Waals surface area contributed by atoms with E-state index >= 15 is 0 Å². The topological polar surface area (TPSA) is 71.3 Å². The van der Waals surface area contributed by atoms with E-state index in [1.54, 1.807) is 31.5 Å². The van der Waals surface area contributed by atoms with E-state index in [2.05, 4.69) is 10.6 Å². The summed E-state index contributed by atoms with van der Waals surface area (Å²) >= 11 is 7.57. The van der Waals surface area contributed by atoms with Crippen LogP contribution in [0, 0.1) is 0 Å². The predicted molar refractivity (Wildman–Crippen MR) is 108 cm³/mol. The second kappa shape index (κ2) is 7.37. The van der Waals surface area contributed by atoms with Gasteiger partial charge in [0, 0.05) is 27.9 Å². The molecule has 0 spiro atoms. The Labute approximate surface area is 165 Å². The van der Waals surface area contributed by atoms with E-state index in [1.165, 1.54) is 16.2 Å².